The molecule has 0 unspecified atom stereocenters. The molecule has 0 radical (unpaired) electrons. The van der Waals surface area contributed by atoms with Gasteiger partial charge in [0, 0.05) is 5.02 Å². The zero-order valence-electron chi connectivity index (χ0n) is 9.65. The van der Waals surface area contributed by atoms with E-state index in [1.54, 1.807) is 18.2 Å². The molecular weight excluding hydrogens is 291 g/mol. The molecule has 0 saturated carbocycles. The maximum Gasteiger partial charge on any atom is 0.268 e. The van der Waals surface area contributed by atoms with Crippen molar-refractivity contribution < 1.29 is 13.9 Å². The van der Waals surface area contributed by atoms with E-state index in [1.165, 1.54) is 12.3 Å². The average molecular weight is 301 g/mol. The van der Waals surface area contributed by atoms with Crippen molar-refractivity contribution in [1.29, 1.82) is 0 Å². The smallest absolute Gasteiger partial charge is 0.268 e. The van der Waals surface area contributed by atoms with Crippen LogP contribution in [0.4, 0.5) is 0 Å². The van der Waals surface area contributed by atoms with Gasteiger partial charge in [-0.25, -0.2) is 5.84 Å². The Labute approximate surface area is 119 Å². The summed E-state index contributed by atoms with van der Waals surface area (Å²) in [5.74, 6) is 5.41. The molecule has 19 heavy (non-hydrogen) atoms. The van der Waals surface area contributed by atoms with Crippen LogP contribution in [0.5, 0.6) is 5.75 Å². The van der Waals surface area contributed by atoms with Gasteiger partial charge >= 0.3 is 0 Å². The third-order valence-corrected chi connectivity index (χ3v) is 2.90. The first-order valence-electron chi connectivity index (χ1n) is 5.27. The van der Waals surface area contributed by atoms with Crippen LogP contribution in [0.15, 0.2) is 34.9 Å². The molecule has 2 rings (SSSR count). The zero-order valence-corrected chi connectivity index (χ0v) is 11.2. The van der Waals surface area contributed by atoms with Crippen molar-refractivity contribution in [2.75, 3.05) is 0 Å². The molecule has 0 aliphatic rings. The maximum atomic E-state index is 11.4. The van der Waals surface area contributed by atoms with Gasteiger partial charge in [0.05, 0.1) is 16.8 Å². The highest BCUT2D eigenvalue weighted by molar-refractivity contribution is 6.35. The number of hydrogen-bond acceptors (Lipinski definition) is 4. The molecule has 0 spiro atoms. The minimum atomic E-state index is -0.449. The van der Waals surface area contributed by atoms with Crippen molar-refractivity contribution in [2.24, 2.45) is 5.84 Å². The van der Waals surface area contributed by atoms with Gasteiger partial charge in [0.15, 0.2) is 5.76 Å². The van der Waals surface area contributed by atoms with Crippen molar-refractivity contribution in [2.45, 2.75) is 6.61 Å². The largest absolute Gasteiger partial charge is 0.484 e. The molecule has 3 N–H and O–H groups in total. The van der Waals surface area contributed by atoms with E-state index in [-0.39, 0.29) is 6.61 Å². The lowest BCUT2D eigenvalue weighted by Gasteiger charge is -2.07. The predicted octanol–water partition coefficient (Wildman–Crippen LogP) is 2.77. The van der Waals surface area contributed by atoms with E-state index in [9.17, 15) is 4.79 Å². The molecule has 0 bridgehead atoms. The number of carbonyl (C=O) groups excluding carboxylic acids is 1. The number of hydrazine groups is 1. The van der Waals surface area contributed by atoms with Gasteiger partial charge in [0.2, 0.25) is 0 Å². The minimum absolute atomic E-state index is 0.0527. The lowest BCUT2D eigenvalue weighted by Crippen LogP contribution is -2.30. The Morgan fingerprint density at radius 3 is 2.84 bits per heavy atom. The number of hydrogen-bond donors (Lipinski definition) is 2. The number of nitrogen functional groups attached to an aromatic ring is 1. The second-order valence-electron chi connectivity index (χ2n) is 3.59. The summed E-state index contributed by atoms with van der Waals surface area (Å²) in [7, 11) is 0. The third-order valence-electron chi connectivity index (χ3n) is 2.37. The Kier molecular flexibility index (Phi) is 4.31. The van der Waals surface area contributed by atoms with Crippen molar-refractivity contribution in [3.63, 3.8) is 0 Å². The van der Waals surface area contributed by atoms with Gasteiger partial charge in [-0.3, -0.25) is 10.2 Å². The number of nitrogens with one attached hydrogen (secondary N) is 1. The number of benzene rings is 1. The van der Waals surface area contributed by atoms with Gasteiger partial charge in [0.25, 0.3) is 5.91 Å². The second-order valence-corrected chi connectivity index (χ2v) is 4.44. The molecule has 0 saturated heterocycles. The Bertz CT molecular complexity index is 598. The summed E-state index contributed by atoms with van der Waals surface area (Å²) in [6, 6.07) is 6.35. The Hall–Kier alpha value is -1.69. The van der Waals surface area contributed by atoms with Crippen LogP contribution in [-0.4, -0.2) is 5.91 Å². The van der Waals surface area contributed by atoms with Crippen LogP contribution in [0.2, 0.25) is 10.0 Å². The van der Waals surface area contributed by atoms with Gasteiger partial charge in [-0.2, -0.15) is 0 Å². The van der Waals surface area contributed by atoms with E-state index in [4.69, 9.17) is 38.2 Å². The van der Waals surface area contributed by atoms with Crippen LogP contribution in [-0.2, 0) is 6.61 Å². The standard InChI is InChI=1S/C12H10Cl2N2O3/c13-7-1-2-10(9(14)5-7)19-6-11-8(3-4-18-11)12(17)16-15/h1-5H,6,15H2,(H,16,17). The molecule has 0 fully saturated rings. The first kappa shape index (κ1) is 13.7. The number of halogens is 2. The van der Waals surface area contributed by atoms with E-state index < -0.39 is 5.91 Å². The Morgan fingerprint density at radius 1 is 1.37 bits per heavy atom. The molecule has 5 nitrogen and oxygen atoms in total. The summed E-state index contributed by atoms with van der Waals surface area (Å²) in [5, 5.41) is 0.891. The van der Waals surface area contributed by atoms with Gasteiger partial charge in [-0.15, -0.1) is 0 Å². The van der Waals surface area contributed by atoms with Gasteiger partial charge in [0.1, 0.15) is 12.4 Å². The van der Waals surface area contributed by atoms with Crippen LogP contribution in [0.1, 0.15) is 16.1 Å². The van der Waals surface area contributed by atoms with E-state index in [0.29, 0.717) is 27.1 Å². The van der Waals surface area contributed by atoms with Gasteiger partial charge < -0.3 is 9.15 Å². The lowest BCUT2D eigenvalue weighted by atomic mass is 10.2. The number of nitrogens with two attached hydrogens (primary N) is 1. The van der Waals surface area contributed by atoms with Crippen LogP contribution in [0.25, 0.3) is 0 Å². The Morgan fingerprint density at radius 2 is 2.16 bits per heavy atom. The average Bonchev–Trinajstić information content (AvgIpc) is 2.85. The molecule has 1 amide bonds. The topological polar surface area (TPSA) is 77.5 Å². The molecule has 2 aromatic rings. The highest BCUT2D eigenvalue weighted by atomic mass is 35.5. The fourth-order valence-electron chi connectivity index (χ4n) is 1.47. The van der Waals surface area contributed by atoms with Gasteiger partial charge in [-0.1, -0.05) is 23.2 Å². The van der Waals surface area contributed by atoms with Crippen molar-refractivity contribution in [3.05, 3.63) is 51.9 Å². The van der Waals surface area contributed by atoms with E-state index in [1.807, 2.05) is 5.43 Å². The summed E-state index contributed by atoms with van der Waals surface area (Å²) in [6.07, 6.45) is 1.38. The van der Waals surface area contributed by atoms with E-state index in [2.05, 4.69) is 0 Å². The normalized spacial score (nSPS) is 10.3. The molecule has 100 valence electrons. The summed E-state index contributed by atoms with van der Waals surface area (Å²) in [4.78, 5) is 11.4. The fourth-order valence-corrected chi connectivity index (χ4v) is 1.93. The number of ether oxygens (including phenoxy) is 1. The summed E-state index contributed by atoms with van der Waals surface area (Å²) in [5.41, 5.74) is 2.34. The molecule has 1 aromatic heterocycles. The number of furan rings is 1. The van der Waals surface area contributed by atoms with Crippen LogP contribution in [0, 0.1) is 0 Å². The van der Waals surface area contributed by atoms with Crippen molar-refractivity contribution in [1.82, 2.24) is 5.43 Å². The first-order chi connectivity index (χ1) is 9.11. The molecule has 0 atom stereocenters. The SMILES string of the molecule is NNC(=O)c1ccoc1COc1ccc(Cl)cc1Cl. The predicted molar refractivity (Wildman–Crippen MR) is 71.2 cm³/mol. The fraction of sp³-hybridized carbons (Fsp3) is 0.0833. The quantitative estimate of drug-likeness (QED) is 0.517. The number of rotatable bonds is 4. The lowest BCUT2D eigenvalue weighted by molar-refractivity contribution is 0.0949. The summed E-state index contributed by atoms with van der Waals surface area (Å²) in [6.45, 7) is 0.0527. The summed E-state index contributed by atoms with van der Waals surface area (Å²) >= 11 is 11.7. The number of amides is 1. The highest BCUT2D eigenvalue weighted by Crippen LogP contribution is 2.28. The van der Waals surface area contributed by atoms with Crippen LogP contribution >= 0.6 is 23.2 Å². The van der Waals surface area contributed by atoms with Crippen molar-refractivity contribution >= 4 is 29.1 Å². The van der Waals surface area contributed by atoms with E-state index >= 15 is 0 Å². The molecule has 0 aliphatic heterocycles. The molecule has 1 aromatic carbocycles. The van der Waals surface area contributed by atoms with Crippen LogP contribution in [0.3, 0.4) is 0 Å². The molecular formula is C12H10Cl2N2O3. The second kappa shape index (κ2) is 5.97. The first-order valence-corrected chi connectivity index (χ1v) is 6.02. The zero-order chi connectivity index (χ0) is 13.8. The molecule has 0 aliphatic carbocycles. The van der Waals surface area contributed by atoms with Gasteiger partial charge in [-0.05, 0) is 24.3 Å². The minimum Gasteiger partial charge on any atom is -0.484 e. The highest BCUT2D eigenvalue weighted by Gasteiger charge is 2.14. The van der Waals surface area contributed by atoms with Crippen molar-refractivity contribution in [3.8, 4) is 5.75 Å². The summed E-state index contributed by atoms with van der Waals surface area (Å²) < 4.78 is 10.6. The maximum absolute atomic E-state index is 11.4. The van der Waals surface area contributed by atoms with E-state index in [0.717, 1.165) is 0 Å². The third kappa shape index (κ3) is 3.20. The molecule has 1 heterocycles. The molecule has 7 heteroatoms. The number of carbonyl (C=O) groups is 1. The monoisotopic (exact) mass is 300 g/mol. The van der Waals surface area contributed by atoms with Crippen LogP contribution < -0.4 is 16.0 Å². The Balaban J connectivity index is 2.10.